The van der Waals surface area contributed by atoms with Crippen LogP contribution in [-0.2, 0) is 4.74 Å². The molecule has 0 heterocycles. The maximum atomic E-state index is 9.72. The van der Waals surface area contributed by atoms with Crippen LogP contribution in [0.2, 0.25) is 0 Å². The monoisotopic (exact) mass is 258 g/mol. The Bertz CT molecular complexity index is 299. The molecular weight excluding hydrogens is 244 g/mol. The number of halogens is 1. The molecule has 3 heteroatoms. The highest BCUT2D eigenvalue weighted by atomic mass is 79.9. The van der Waals surface area contributed by atoms with Gasteiger partial charge in [-0.05, 0) is 31.0 Å². The number of hydrogen-bond donors (Lipinski definition) is 1. The Morgan fingerprint density at radius 3 is 2.79 bits per heavy atom. The minimum atomic E-state index is -0.535. The van der Waals surface area contributed by atoms with E-state index in [1.54, 1.807) is 0 Å². The van der Waals surface area contributed by atoms with Crippen molar-refractivity contribution in [3.05, 3.63) is 33.8 Å². The standard InChI is InChI=1S/C11H15BrO2/c1-3-14-7-11(13)9-5-4-8(2)10(12)6-9/h4-6,11,13H,3,7H2,1-2H3. The average molecular weight is 259 g/mol. The van der Waals surface area contributed by atoms with E-state index in [1.165, 1.54) is 0 Å². The largest absolute Gasteiger partial charge is 0.386 e. The van der Waals surface area contributed by atoms with Gasteiger partial charge in [-0.3, -0.25) is 0 Å². The topological polar surface area (TPSA) is 29.5 Å². The smallest absolute Gasteiger partial charge is 0.102 e. The lowest BCUT2D eigenvalue weighted by Crippen LogP contribution is -2.07. The summed E-state index contributed by atoms with van der Waals surface area (Å²) in [6.45, 7) is 4.91. The second kappa shape index (κ2) is 5.49. The number of benzene rings is 1. The average Bonchev–Trinajstić information content (AvgIpc) is 2.18. The Labute approximate surface area is 93.0 Å². The third kappa shape index (κ3) is 3.08. The van der Waals surface area contributed by atoms with Gasteiger partial charge < -0.3 is 9.84 Å². The van der Waals surface area contributed by atoms with E-state index in [0.29, 0.717) is 13.2 Å². The predicted octanol–water partition coefficient (Wildman–Crippen LogP) is 2.83. The summed E-state index contributed by atoms with van der Waals surface area (Å²) < 4.78 is 6.17. The van der Waals surface area contributed by atoms with E-state index in [4.69, 9.17) is 4.74 Å². The van der Waals surface area contributed by atoms with Crippen LogP contribution >= 0.6 is 15.9 Å². The molecule has 14 heavy (non-hydrogen) atoms. The molecule has 0 aromatic heterocycles. The molecular formula is C11H15BrO2. The summed E-state index contributed by atoms with van der Waals surface area (Å²) in [5.74, 6) is 0. The van der Waals surface area contributed by atoms with Crippen molar-refractivity contribution in [1.82, 2.24) is 0 Å². The predicted molar refractivity (Wildman–Crippen MR) is 60.3 cm³/mol. The number of ether oxygens (including phenoxy) is 1. The van der Waals surface area contributed by atoms with Crippen LogP contribution in [-0.4, -0.2) is 18.3 Å². The molecule has 0 amide bonds. The molecule has 0 spiro atoms. The lowest BCUT2D eigenvalue weighted by Gasteiger charge is -2.11. The van der Waals surface area contributed by atoms with Gasteiger partial charge in [0.2, 0.25) is 0 Å². The zero-order chi connectivity index (χ0) is 10.6. The summed E-state index contributed by atoms with van der Waals surface area (Å²) in [5.41, 5.74) is 2.05. The lowest BCUT2D eigenvalue weighted by atomic mass is 10.1. The van der Waals surface area contributed by atoms with Crippen LogP contribution in [0.25, 0.3) is 0 Å². The highest BCUT2D eigenvalue weighted by Gasteiger charge is 2.08. The zero-order valence-electron chi connectivity index (χ0n) is 8.46. The molecule has 0 bridgehead atoms. The van der Waals surface area contributed by atoms with Gasteiger partial charge in [0.25, 0.3) is 0 Å². The van der Waals surface area contributed by atoms with Crippen LogP contribution in [0.15, 0.2) is 22.7 Å². The van der Waals surface area contributed by atoms with Crippen LogP contribution in [0.3, 0.4) is 0 Å². The number of aliphatic hydroxyl groups excluding tert-OH is 1. The molecule has 2 nitrogen and oxygen atoms in total. The van der Waals surface area contributed by atoms with Gasteiger partial charge in [0, 0.05) is 11.1 Å². The lowest BCUT2D eigenvalue weighted by molar-refractivity contribution is 0.0420. The van der Waals surface area contributed by atoms with E-state index in [0.717, 1.165) is 15.6 Å². The first-order chi connectivity index (χ1) is 6.65. The van der Waals surface area contributed by atoms with E-state index < -0.39 is 6.10 Å². The zero-order valence-corrected chi connectivity index (χ0v) is 10.0. The van der Waals surface area contributed by atoms with Crippen LogP contribution in [0, 0.1) is 6.92 Å². The quantitative estimate of drug-likeness (QED) is 0.900. The molecule has 0 aliphatic carbocycles. The fourth-order valence-corrected chi connectivity index (χ4v) is 1.54. The molecule has 1 aromatic rings. The van der Waals surface area contributed by atoms with Crippen molar-refractivity contribution < 1.29 is 9.84 Å². The summed E-state index contributed by atoms with van der Waals surface area (Å²) in [7, 11) is 0. The summed E-state index contributed by atoms with van der Waals surface area (Å²) in [6.07, 6.45) is -0.535. The van der Waals surface area contributed by atoms with Crippen LogP contribution in [0.4, 0.5) is 0 Å². The summed E-state index contributed by atoms with van der Waals surface area (Å²) in [5, 5.41) is 9.72. The maximum Gasteiger partial charge on any atom is 0.102 e. The maximum absolute atomic E-state index is 9.72. The van der Waals surface area contributed by atoms with E-state index in [9.17, 15) is 5.11 Å². The molecule has 0 aliphatic rings. The summed E-state index contributed by atoms with van der Waals surface area (Å²) in [6, 6.07) is 5.83. The third-order valence-electron chi connectivity index (χ3n) is 2.06. The van der Waals surface area contributed by atoms with E-state index in [-0.39, 0.29) is 0 Å². The van der Waals surface area contributed by atoms with Crippen molar-refractivity contribution in [3.8, 4) is 0 Å². The molecule has 1 aromatic carbocycles. The molecule has 0 saturated carbocycles. The van der Waals surface area contributed by atoms with Gasteiger partial charge in [-0.15, -0.1) is 0 Å². The van der Waals surface area contributed by atoms with Gasteiger partial charge >= 0.3 is 0 Å². The first-order valence-electron chi connectivity index (χ1n) is 4.67. The molecule has 0 saturated heterocycles. The van der Waals surface area contributed by atoms with Crippen LogP contribution in [0.5, 0.6) is 0 Å². The van der Waals surface area contributed by atoms with Gasteiger partial charge in [0.05, 0.1) is 6.61 Å². The van der Waals surface area contributed by atoms with Crippen molar-refractivity contribution in [3.63, 3.8) is 0 Å². The Balaban J connectivity index is 2.70. The van der Waals surface area contributed by atoms with Gasteiger partial charge in [-0.2, -0.15) is 0 Å². The van der Waals surface area contributed by atoms with Crippen molar-refractivity contribution in [1.29, 1.82) is 0 Å². The van der Waals surface area contributed by atoms with Gasteiger partial charge in [0.15, 0.2) is 0 Å². The van der Waals surface area contributed by atoms with E-state index in [2.05, 4.69) is 15.9 Å². The molecule has 1 atom stereocenters. The van der Waals surface area contributed by atoms with E-state index >= 15 is 0 Å². The molecule has 0 aliphatic heterocycles. The first kappa shape index (κ1) is 11.7. The van der Waals surface area contributed by atoms with E-state index in [1.807, 2.05) is 32.0 Å². The first-order valence-corrected chi connectivity index (χ1v) is 5.46. The van der Waals surface area contributed by atoms with Crippen molar-refractivity contribution >= 4 is 15.9 Å². The minimum Gasteiger partial charge on any atom is -0.386 e. The highest BCUT2D eigenvalue weighted by molar-refractivity contribution is 9.10. The second-order valence-electron chi connectivity index (χ2n) is 3.18. The van der Waals surface area contributed by atoms with Gasteiger partial charge in [0.1, 0.15) is 6.10 Å². The SMILES string of the molecule is CCOCC(O)c1ccc(C)c(Br)c1. The molecule has 78 valence electrons. The van der Waals surface area contributed by atoms with Crippen LogP contribution < -0.4 is 0 Å². The minimum absolute atomic E-state index is 0.353. The molecule has 0 radical (unpaired) electrons. The number of aliphatic hydroxyl groups is 1. The number of rotatable bonds is 4. The molecule has 1 N–H and O–H groups in total. The van der Waals surface area contributed by atoms with Crippen LogP contribution in [0.1, 0.15) is 24.2 Å². The number of hydrogen-bond acceptors (Lipinski definition) is 2. The Morgan fingerprint density at radius 2 is 2.21 bits per heavy atom. The van der Waals surface area contributed by atoms with Gasteiger partial charge in [-0.1, -0.05) is 28.1 Å². The van der Waals surface area contributed by atoms with Crippen molar-refractivity contribution in [2.45, 2.75) is 20.0 Å². The molecule has 1 rings (SSSR count). The highest BCUT2D eigenvalue weighted by Crippen LogP contribution is 2.21. The molecule has 0 fully saturated rings. The summed E-state index contributed by atoms with van der Waals surface area (Å²) in [4.78, 5) is 0. The van der Waals surface area contributed by atoms with Gasteiger partial charge in [-0.25, -0.2) is 0 Å². The Hall–Kier alpha value is -0.380. The molecule has 1 unspecified atom stereocenters. The fraction of sp³-hybridized carbons (Fsp3) is 0.455. The fourth-order valence-electron chi connectivity index (χ4n) is 1.14. The van der Waals surface area contributed by atoms with Crippen molar-refractivity contribution in [2.24, 2.45) is 0 Å². The number of aryl methyl sites for hydroxylation is 1. The third-order valence-corrected chi connectivity index (χ3v) is 2.91. The Kier molecular flexibility index (Phi) is 4.58. The normalized spacial score (nSPS) is 12.9. The summed E-state index contributed by atoms with van der Waals surface area (Å²) >= 11 is 3.43. The van der Waals surface area contributed by atoms with Crippen molar-refractivity contribution in [2.75, 3.05) is 13.2 Å². The second-order valence-corrected chi connectivity index (χ2v) is 4.04. The Morgan fingerprint density at radius 1 is 1.50 bits per heavy atom.